The highest BCUT2D eigenvalue weighted by Crippen LogP contribution is 2.20. The van der Waals surface area contributed by atoms with Crippen molar-refractivity contribution < 1.29 is 8.81 Å². The lowest BCUT2D eigenvalue weighted by atomic mass is 10.2. The molecular formula is C15H19FN2O. The first-order chi connectivity index (χ1) is 9.10. The second-order valence-electron chi connectivity index (χ2n) is 4.69. The van der Waals surface area contributed by atoms with E-state index in [1.54, 1.807) is 6.07 Å². The van der Waals surface area contributed by atoms with E-state index in [9.17, 15) is 4.39 Å². The van der Waals surface area contributed by atoms with E-state index in [2.05, 4.69) is 5.32 Å². The smallest absolute Gasteiger partial charge is 0.125 e. The summed E-state index contributed by atoms with van der Waals surface area (Å²) in [5.74, 6) is 1.61. The molecule has 1 aromatic carbocycles. The van der Waals surface area contributed by atoms with E-state index in [1.165, 1.54) is 12.1 Å². The molecule has 4 heteroatoms. The van der Waals surface area contributed by atoms with Crippen molar-refractivity contribution in [2.75, 3.05) is 19.0 Å². The van der Waals surface area contributed by atoms with Gasteiger partial charge in [-0.3, -0.25) is 0 Å². The molecule has 0 fully saturated rings. The van der Waals surface area contributed by atoms with Crippen molar-refractivity contribution in [2.45, 2.75) is 20.0 Å². The van der Waals surface area contributed by atoms with Crippen molar-refractivity contribution in [1.29, 1.82) is 0 Å². The Morgan fingerprint density at radius 1 is 1.32 bits per heavy atom. The number of hydrogen-bond donors (Lipinski definition) is 1. The quantitative estimate of drug-likeness (QED) is 0.897. The lowest BCUT2D eigenvalue weighted by Crippen LogP contribution is -2.15. The summed E-state index contributed by atoms with van der Waals surface area (Å²) in [4.78, 5) is 1.96. The van der Waals surface area contributed by atoms with Gasteiger partial charge in [-0.2, -0.15) is 0 Å². The highest BCUT2D eigenvalue weighted by molar-refractivity contribution is 5.45. The number of aryl methyl sites for hydroxylation is 1. The summed E-state index contributed by atoms with van der Waals surface area (Å²) in [5, 5.41) is 3.07. The molecule has 0 amide bonds. The fraction of sp³-hybridized carbons (Fsp3) is 0.333. The van der Waals surface area contributed by atoms with Crippen LogP contribution in [0.25, 0.3) is 0 Å². The Hall–Kier alpha value is -1.81. The molecule has 0 bridgehead atoms. The maximum atomic E-state index is 13.2. The summed E-state index contributed by atoms with van der Waals surface area (Å²) in [5.41, 5.74) is 1.97. The third-order valence-corrected chi connectivity index (χ3v) is 3.05. The van der Waals surface area contributed by atoms with Crippen molar-refractivity contribution in [3.63, 3.8) is 0 Å². The van der Waals surface area contributed by atoms with Gasteiger partial charge in [0.15, 0.2) is 0 Å². The maximum Gasteiger partial charge on any atom is 0.125 e. The summed E-state index contributed by atoms with van der Waals surface area (Å²) < 4.78 is 19.0. The Balaban J connectivity index is 2.10. The lowest BCUT2D eigenvalue weighted by Gasteiger charge is -2.17. The molecule has 3 nitrogen and oxygen atoms in total. The topological polar surface area (TPSA) is 28.4 Å². The maximum absolute atomic E-state index is 13.2. The molecule has 0 aliphatic rings. The Bertz CT molecular complexity index is 551. The predicted molar refractivity (Wildman–Crippen MR) is 74.7 cm³/mol. The van der Waals surface area contributed by atoms with Gasteiger partial charge in [0.1, 0.15) is 17.3 Å². The molecular weight excluding hydrogens is 243 g/mol. The van der Waals surface area contributed by atoms with E-state index in [-0.39, 0.29) is 5.82 Å². The molecule has 0 atom stereocenters. The summed E-state index contributed by atoms with van der Waals surface area (Å²) in [6.45, 7) is 3.37. The SMILES string of the molecule is CNCc1oc(CN(C)c2cccc(F)c2)cc1C. The molecule has 1 aromatic heterocycles. The number of rotatable bonds is 5. The molecule has 19 heavy (non-hydrogen) atoms. The number of nitrogens with one attached hydrogen (secondary N) is 1. The van der Waals surface area contributed by atoms with Gasteiger partial charge < -0.3 is 14.6 Å². The zero-order valence-electron chi connectivity index (χ0n) is 11.5. The molecule has 102 valence electrons. The second kappa shape index (κ2) is 5.89. The van der Waals surface area contributed by atoms with Crippen LogP contribution in [0.5, 0.6) is 0 Å². The summed E-state index contributed by atoms with van der Waals surface area (Å²) >= 11 is 0. The van der Waals surface area contributed by atoms with Crippen molar-refractivity contribution in [3.8, 4) is 0 Å². The van der Waals surface area contributed by atoms with Crippen LogP contribution in [0.4, 0.5) is 10.1 Å². The second-order valence-corrected chi connectivity index (χ2v) is 4.69. The minimum absolute atomic E-state index is 0.226. The molecule has 2 aromatic rings. The Morgan fingerprint density at radius 3 is 2.79 bits per heavy atom. The molecule has 0 aliphatic heterocycles. The number of anilines is 1. The van der Waals surface area contributed by atoms with Crippen LogP contribution in [-0.4, -0.2) is 14.1 Å². The van der Waals surface area contributed by atoms with Gasteiger partial charge in [-0.05, 0) is 43.8 Å². The molecule has 1 heterocycles. The van der Waals surface area contributed by atoms with Gasteiger partial charge in [-0.15, -0.1) is 0 Å². The molecule has 0 spiro atoms. The van der Waals surface area contributed by atoms with E-state index < -0.39 is 0 Å². The van der Waals surface area contributed by atoms with E-state index in [0.717, 1.165) is 29.3 Å². The van der Waals surface area contributed by atoms with E-state index in [4.69, 9.17) is 4.42 Å². The first-order valence-corrected chi connectivity index (χ1v) is 6.29. The Kier molecular flexibility index (Phi) is 4.22. The highest BCUT2D eigenvalue weighted by Gasteiger charge is 2.10. The van der Waals surface area contributed by atoms with Crippen molar-refractivity contribution >= 4 is 5.69 Å². The first-order valence-electron chi connectivity index (χ1n) is 6.29. The van der Waals surface area contributed by atoms with Crippen LogP contribution in [0.1, 0.15) is 17.1 Å². The van der Waals surface area contributed by atoms with E-state index in [0.29, 0.717) is 6.54 Å². The van der Waals surface area contributed by atoms with Crippen LogP contribution >= 0.6 is 0 Å². The van der Waals surface area contributed by atoms with Crippen LogP contribution in [0.15, 0.2) is 34.7 Å². The molecule has 0 saturated heterocycles. The van der Waals surface area contributed by atoms with Crippen LogP contribution in [0.3, 0.4) is 0 Å². The van der Waals surface area contributed by atoms with E-state index in [1.807, 2.05) is 38.1 Å². The molecule has 0 unspecified atom stereocenters. The van der Waals surface area contributed by atoms with Crippen LogP contribution in [0, 0.1) is 12.7 Å². The minimum Gasteiger partial charge on any atom is -0.463 e. The average molecular weight is 262 g/mol. The van der Waals surface area contributed by atoms with Crippen molar-refractivity contribution in [3.05, 3.63) is 53.2 Å². The first kappa shape index (κ1) is 13.6. The van der Waals surface area contributed by atoms with Crippen molar-refractivity contribution in [2.24, 2.45) is 0 Å². The largest absolute Gasteiger partial charge is 0.463 e. The number of nitrogens with zero attached hydrogens (tertiary/aromatic N) is 1. The van der Waals surface area contributed by atoms with Gasteiger partial charge in [-0.25, -0.2) is 4.39 Å². The Labute approximate surface area is 113 Å². The van der Waals surface area contributed by atoms with Gasteiger partial charge in [0.05, 0.1) is 13.1 Å². The number of furan rings is 1. The third kappa shape index (κ3) is 3.35. The standard InChI is InChI=1S/C15H19FN2O/c1-11-7-14(19-15(11)9-17-2)10-18(3)13-6-4-5-12(16)8-13/h4-8,17H,9-10H2,1-3H3. The number of hydrogen-bond acceptors (Lipinski definition) is 3. The van der Waals surface area contributed by atoms with Crippen LogP contribution in [-0.2, 0) is 13.1 Å². The van der Waals surface area contributed by atoms with Gasteiger partial charge in [0, 0.05) is 12.7 Å². The van der Waals surface area contributed by atoms with Gasteiger partial charge in [0.25, 0.3) is 0 Å². The average Bonchev–Trinajstić information content (AvgIpc) is 2.70. The monoisotopic (exact) mass is 262 g/mol. The molecule has 0 saturated carbocycles. The van der Waals surface area contributed by atoms with Crippen LogP contribution < -0.4 is 10.2 Å². The van der Waals surface area contributed by atoms with Crippen LogP contribution in [0.2, 0.25) is 0 Å². The van der Waals surface area contributed by atoms with Gasteiger partial charge in [0.2, 0.25) is 0 Å². The fourth-order valence-electron chi connectivity index (χ4n) is 2.04. The lowest BCUT2D eigenvalue weighted by molar-refractivity contribution is 0.451. The zero-order chi connectivity index (χ0) is 13.8. The minimum atomic E-state index is -0.226. The highest BCUT2D eigenvalue weighted by atomic mass is 19.1. The molecule has 1 N–H and O–H groups in total. The molecule has 0 radical (unpaired) electrons. The number of halogens is 1. The van der Waals surface area contributed by atoms with Gasteiger partial charge >= 0.3 is 0 Å². The normalized spacial score (nSPS) is 10.7. The summed E-state index contributed by atoms with van der Waals surface area (Å²) in [6, 6.07) is 8.58. The fourth-order valence-corrected chi connectivity index (χ4v) is 2.04. The summed E-state index contributed by atoms with van der Waals surface area (Å²) in [7, 11) is 3.81. The summed E-state index contributed by atoms with van der Waals surface area (Å²) in [6.07, 6.45) is 0. The Morgan fingerprint density at radius 2 is 2.11 bits per heavy atom. The predicted octanol–water partition coefficient (Wildman–Crippen LogP) is 3.08. The molecule has 2 rings (SSSR count). The number of benzene rings is 1. The van der Waals surface area contributed by atoms with E-state index >= 15 is 0 Å². The third-order valence-electron chi connectivity index (χ3n) is 3.05. The van der Waals surface area contributed by atoms with Crippen molar-refractivity contribution in [1.82, 2.24) is 5.32 Å². The van der Waals surface area contributed by atoms with Gasteiger partial charge in [-0.1, -0.05) is 6.07 Å². The molecule has 0 aliphatic carbocycles. The zero-order valence-corrected chi connectivity index (χ0v) is 11.5.